The third-order valence-electron chi connectivity index (χ3n) is 3.43. The number of carboxylic acid groups (broad SMARTS) is 1. The summed E-state index contributed by atoms with van der Waals surface area (Å²) in [6, 6.07) is 0.204. The molecule has 15 heavy (non-hydrogen) atoms. The normalized spacial score (nSPS) is 28.3. The Balaban J connectivity index is 2.47. The maximum atomic E-state index is 11.0. The lowest BCUT2D eigenvalue weighted by molar-refractivity contribution is -0.145. The van der Waals surface area contributed by atoms with E-state index in [9.17, 15) is 4.79 Å². The lowest BCUT2D eigenvalue weighted by Crippen LogP contribution is -2.46. The van der Waals surface area contributed by atoms with Crippen molar-refractivity contribution in [1.29, 1.82) is 0 Å². The van der Waals surface area contributed by atoms with Crippen molar-refractivity contribution in [3.05, 3.63) is 0 Å². The summed E-state index contributed by atoms with van der Waals surface area (Å²) in [7, 11) is 0. The second-order valence-electron chi connectivity index (χ2n) is 5.05. The monoisotopic (exact) mass is 213 g/mol. The Morgan fingerprint density at radius 2 is 2.20 bits per heavy atom. The fraction of sp³-hybridized carbons (Fsp3) is 0.917. The van der Waals surface area contributed by atoms with Gasteiger partial charge in [-0.05, 0) is 45.2 Å². The van der Waals surface area contributed by atoms with Gasteiger partial charge in [-0.25, -0.2) is 0 Å². The molecule has 2 atom stereocenters. The molecule has 1 N–H and O–H groups in total. The Hall–Kier alpha value is -0.570. The van der Waals surface area contributed by atoms with E-state index < -0.39 is 5.97 Å². The molecule has 1 rings (SSSR count). The van der Waals surface area contributed by atoms with Crippen LogP contribution in [0.2, 0.25) is 0 Å². The van der Waals surface area contributed by atoms with Gasteiger partial charge in [0.05, 0.1) is 5.92 Å². The summed E-state index contributed by atoms with van der Waals surface area (Å²) in [5.74, 6) is -0.0925. The third-order valence-corrected chi connectivity index (χ3v) is 3.43. The van der Waals surface area contributed by atoms with E-state index in [4.69, 9.17) is 5.11 Å². The summed E-state index contributed by atoms with van der Waals surface area (Å²) in [6.07, 6.45) is 3.03. The van der Waals surface area contributed by atoms with Crippen molar-refractivity contribution >= 4 is 5.97 Å². The predicted octanol–water partition coefficient (Wildman–Crippen LogP) is 2.22. The van der Waals surface area contributed by atoms with Crippen molar-refractivity contribution in [1.82, 2.24) is 4.90 Å². The van der Waals surface area contributed by atoms with Crippen LogP contribution in [0.4, 0.5) is 0 Å². The van der Waals surface area contributed by atoms with Crippen LogP contribution in [0.3, 0.4) is 0 Å². The molecule has 0 bridgehead atoms. The molecule has 3 heteroatoms. The molecule has 1 fully saturated rings. The fourth-order valence-electron chi connectivity index (χ4n) is 2.28. The molecule has 0 amide bonds. The highest BCUT2D eigenvalue weighted by Crippen LogP contribution is 2.24. The van der Waals surface area contributed by atoms with Crippen LogP contribution in [0.15, 0.2) is 0 Å². The molecule has 1 aliphatic rings. The van der Waals surface area contributed by atoms with Crippen LogP contribution in [0.25, 0.3) is 0 Å². The zero-order valence-corrected chi connectivity index (χ0v) is 10.1. The number of carboxylic acids is 1. The molecule has 1 heterocycles. The second kappa shape index (κ2) is 5.50. The van der Waals surface area contributed by atoms with Gasteiger partial charge in [0.1, 0.15) is 0 Å². The van der Waals surface area contributed by atoms with Crippen LogP contribution in [-0.2, 0) is 4.79 Å². The van der Waals surface area contributed by atoms with Crippen molar-refractivity contribution < 1.29 is 9.90 Å². The first kappa shape index (κ1) is 12.5. The number of nitrogens with zero attached hydrogens (tertiary/aromatic N) is 1. The molecule has 0 aromatic heterocycles. The van der Waals surface area contributed by atoms with E-state index >= 15 is 0 Å². The van der Waals surface area contributed by atoms with Gasteiger partial charge in [-0.2, -0.15) is 0 Å². The molecule has 0 radical (unpaired) electrons. The maximum absolute atomic E-state index is 11.0. The quantitative estimate of drug-likeness (QED) is 0.778. The Kier molecular flexibility index (Phi) is 4.58. The van der Waals surface area contributed by atoms with Crippen LogP contribution < -0.4 is 0 Å². The highest BCUT2D eigenvalue weighted by atomic mass is 16.4. The zero-order chi connectivity index (χ0) is 11.4. The predicted molar refractivity (Wildman–Crippen MR) is 60.8 cm³/mol. The minimum atomic E-state index is -0.628. The topological polar surface area (TPSA) is 40.5 Å². The first-order chi connectivity index (χ1) is 7.02. The Labute approximate surface area is 92.5 Å². The van der Waals surface area contributed by atoms with E-state index in [1.54, 1.807) is 0 Å². The zero-order valence-electron chi connectivity index (χ0n) is 10.1. The molecule has 88 valence electrons. The minimum Gasteiger partial charge on any atom is -0.481 e. The highest BCUT2D eigenvalue weighted by Gasteiger charge is 2.32. The summed E-state index contributed by atoms with van der Waals surface area (Å²) in [5, 5.41) is 9.08. The lowest BCUT2D eigenvalue weighted by Gasteiger charge is -2.37. The number of hydrogen-bond acceptors (Lipinski definition) is 2. The molecule has 0 spiro atoms. The molecule has 0 aliphatic carbocycles. The first-order valence-electron chi connectivity index (χ1n) is 5.99. The molecule has 1 aliphatic heterocycles. The average molecular weight is 213 g/mol. The van der Waals surface area contributed by atoms with Gasteiger partial charge in [-0.3, -0.25) is 9.69 Å². The summed E-state index contributed by atoms with van der Waals surface area (Å²) in [5.41, 5.74) is 0. The van der Waals surface area contributed by atoms with Crippen LogP contribution in [0, 0.1) is 11.8 Å². The number of piperidine rings is 1. The van der Waals surface area contributed by atoms with Crippen molar-refractivity contribution in [3.63, 3.8) is 0 Å². The van der Waals surface area contributed by atoms with E-state index in [-0.39, 0.29) is 12.0 Å². The summed E-state index contributed by atoms with van der Waals surface area (Å²) < 4.78 is 0. The van der Waals surface area contributed by atoms with Crippen LogP contribution in [-0.4, -0.2) is 35.1 Å². The number of carbonyl (C=O) groups is 1. The van der Waals surface area contributed by atoms with Gasteiger partial charge in [0, 0.05) is 6.04 Å². The van der Waals surface area contributed by atoms with Gasteiger partial charge in [0.2, 0.25) is 0 Å². The van der Waals surface area contributed by atoms with Gasteiger partial charge >= 0.3 is 5.97 Å². The van der Waals surface area contributed by atoms with Crippen molar-refractivity contribution in [2.45, 2.75) is 46.1 Å². The van der Waals surface area contributed by atoms with Gasteiger partial charge < -0.3 is 5.11 Å². The van der Waals surface area contributed by atoms with Crippen LogP contribution >= 0.6 is 0 Å². The maximum Gasteiger partial charge on any atom is 0.308 e. The second-order valence-corrected chi connectivity index (χ2v) is 5.05. The van der Waals surface area contributed by atoms with E-state index in [0.29, 0.717) is 5.92 Å². The largest absolute Gasteiger partial charge is 0.481 e. The molecule has 0 unspecified atom stereocenters. The standard InChI is InChI=1S/C12H23NO2/c1-9(2)6-8-13-7-4-5-11(10(13)3)12(14)15/h9-11H,4-8H2,1-3H3,(H,14,15)/t10-,11-/m0/s1. The molecule has 3 nitrogen and oxygen atoms in total. The number of likely N-dealkylation sites (tertiary alicyclic amines) is 1. The van der Waals surface area contributed by atoms with E-state index in [1.165, 1.54) is 0 Å². The Morgan fingerprint density at radius 1 is 1.53 bits per heavy atom. The number of aliphatic carboxylic acids is 1. The third kappa shape index (κ3) is 3.49. The minimum absolute atomic E-state index is 0.161. The van der Waals surface area contributed by atoms with Crippen LogP contribution in [0.5, 0.6) is 0 Å². The Bertz CT molecular complexity index is 216. The van der Waals surface area contributed by atoms with Crippen molar-refractivity contribution in [2.75, 3.05) is 13.1 Å². The van der Waals surface area contributed by atoms with E-state index in [1.807, 2.05) is 0 Å². The molecule has 0 aromatic carbocycles. The van der Waals surface area contributed by atoms with Crippen LogP contribution in [0.1, 0.15) is 40.0 Å². The summed E-state index contributed by atoms with van der Waals surface area (Å²) in [6.45, 7) is 8.59. The fourth-order valence-corrected chi connectivity index (χ4v) is 2.28. The Morgan fingerprint density at radius 3 is 2.73 bits per heavy atom. The SMILES string of the molecule is CC(C)CCN1CCC[C@H](C(=O)O)[C@@H]1C. The number of hydrogen-bond donors (Lipinski definition) is 1. The molecule has 0 aromatic rings. The first-order valence-corrected chi connectivity index (χ1v) is 5.99. The lowest BCUT2D eigenvalue weighted by atomic mass is 9.90. The molecule has 0 saturated carbocycles. The summed E-state index contributed by atoms with van der Waals surface area (Å²) in [4.78, 5) is 13.4. The van der Waals surface area contributed by atoms with E-state index in [0.717, 1.165) is 32.4 Å². The van der Waals surface area contributed by atoms with E-state index in [2.05, 4.69) is 25.7 Å². The average Bonchev–Trinajstić information content (AvgIpc) is 2.15. The van der Waals surface area contributed by atoms with Gasteiger partial charge in [-0.1, -0.05) is 13.8 Å². The van der Waals surface area contributed by atoms with Gasteiger partial charge in [-0.15, -0.1) is 0 Å². The molecular formula is C12H23NO2. The molecular weight excluding hydrogens is 190 g/mol. The highest BCUT2D eigenvalue weighted by molar-refractivity contribution is 5.70. The molecule has 1 saturated heterocycles. The van der Waals surface area contributed by atoms with Crippen molar-refractivity contribution in [3.8, 4) is 0 Å². The van der Waals surface area contributed by atoms with Crippen molar-refractivity contribution in [2.24, 2.45) is 11.8 Å². The number of rotatable bonds is 4. The smallest absolute Gasteiger partial charge is 0.308 e. The van der Waals surface area contributed by atoms with Gasteiger partial charge in [0.15, 0.2) is 0 Å². The van der Waals surface area contributed by atoms with Gasteiger partial charge in [0.25, 0.3) is 0 Å². The summed E-state index contributed by atoms with van der Waals surface area (Å²) >= 11 is 0.